The number of unbranched alkanes of at least 4 members (excludes halogenated alkanes) is 2. The van der Waals surface area contributed by atoms with Crippen LogP contribution >= 0.6 is 0 Å². The van der Waals surface area contributed by atoms with E-state index >= 15 is 0 Å². The predicted molar refractivity (Wildman–Crippen MR) is 222 cm³/mol. The maximum Gasteiger partial charge on any atom is 0.126 e. The quantitative estimate of drug-likeness (QED) is 0.107. The minimum absolute atomic E-state index is 0.0832. The molecule has 0 bridgehead atoms. The largest absolute Gasteiger partial charge is 0.493 e. The van der Waals surface area contributed by atoms with E-state index in [-0.39, 0.29) is 21.7 Å². The Labute approximate surface area is 320 Å². The van der Waals surface area contributed by atoms with Crippen LogP contribution in [0.1, 0.15) is 183 Å². The second-order valence-electron chi connectivity index (χ2n) is 20.3. The van der Waals surface area contributed by atoms with Crippen molar-refractivity contribution in [1.82, 2.24) is 0 Å². The molecule has 4 rings (SSSR count). The molecule has 2 fully saturated rings. The first kappa shape index (κ1) is 42.7. The maximum absolute atomic E-state index is 6.89. The van der Waals surface area contributed by atoms with Gasteiger partial charge in [-0.1, -0.05) is 123 Å². The minimum atomic E-state index is -0.0832. The van der Waals surface area contributed by atoms with Gasteiger partial charge in [-0.3, -0.25) is 0 Å². The zero-order valence-electron chi connectivity index (χ0n) is 36.2. The summed E-state index contributed by atoms with van der Waals surface area (Å²) in [7, 11) is 0. The summed E-state index contributed by atoms with van der Waals surface area (Å²) in [4.78, 5) is 0. The molecule has 2 heterocycles. The van der Waals surface area contributed by atoms with Gasteiger partial charge < -0.3 is 18.9 Å². The van der Waals surface area contributed by atoms with E-state index in [1.165, 1.54) is 84.7 Å². The highest BCUT2D eigenvalue weighted by atomic mass is 16.6. The Hall–Kier alpha value is -2.04. The average molecular weight is 719 g/mol. The summed E-state index contributed by atoms with van der Waals surface area (Å²) in [5.74, 6) is 3.49. The van der Waals surface area contributed by atoms with Crippen LogP contribution in [0.15, 0.2) is 24.3 Å². The van der Waals surface area contributed by atoms with Crippen LogP contribution in [-0.2, 0) is 31.1 Å². The third-order valence-corrected chi connectivity index (χ3v) is 11.3. The Bertz CT molecular complexity index is 1240. The van der Waals surface area contributed by atoms with Crippen LogP contribution in [0.3, 0.4) is 0 Å². The van der Waals surface area contributed by atoms with E-state index in [1.54, 1.807) is 0 Å². The van der Waals surface area contributed by atoms with Gasteiger partial charge in [0.25, 0.3) is 0 Å². The van der Waals surface area contributed by atoms with Crippen LogP contribution in [0.25, 0.3) is 11.1 Å². The van der Waals surface area contributed by atoms with Crippen LogP contribution in [-0.4, -0.2) is 38.6 Å². The molecule has 2 aromatic rings. The van der Waals surface area contributed by atoms with Crippen molar-refractivity contribution in [3.8, 4) is 22.6 Å². The van der Waals surface area contributed by atoms with Crippen LogP contribution in [0.2, 0.25) is 0 Å². The van der Waals surface area contributed by atoms with Gasteiger partial charge in [-0.25, -0.2) is 0 Å². The summed E-state index contributed by atoms with van der Waals surface area (Å²) in [6.45, 7) is 35.9. The predicted octanol–water partition coefficient (Wildman–Crippen LogP) is 13.3. The number of ether oxygens (including phenoxy) is 4. The second-order valence-corrected chi connectivity index (χ2v) is 20.3. The molecule has 0 N–H and O–H groups in total. The van der Waals surface area contributed by atoms with Gasteiger partial charge in [-0.05, 0) is 107 Å². The Morgan fingerprint density at radius 2 is 0.769 bits per heavy atom. The summed E-state index contributed by atoms with van der Waals surface area (Å²) in [6.07, 6.45) is 13.0. The average Bonchev–Trinajstić information content (AvgIpc) is 3.96. The molecule has 4 unspecified atom stereocenters. The molecule has 2 aliphatic rings. The smallest absolute Gasteiger partial charge is 0.126 e. The molecule has 4 nitrogen and oxygen atoms in total. The molecule has 2 saturated heterocycles. The van der Waals surface area contributed by atoms with E-state index in [2.05, 4.69) is 121 Å². The van der Waals surface area contributed by atoms with Crippen LogP contribution in [0.4, 0.5) is 0 Å². The molecule has 4 heteroatoms. The number of benzene rings is 2. The van der Waals surface area contributed by atoms with Crippen molar-refractivity contribution < 1.29 is 18.9 Å². The maximum atomic E-state index is 6.89. The van der Waals surface area contributed by atoms with E-state index in [9.17, 15) is 0 Å². The fourth-order valence-electron chi connectivity index (χ4n) is 7.79. The monoisotopic (exact) mass is 719 g/mol. The molecule has 0 spiro atoms. The van der Waals surface area contributed by atoms with Gasteiger partial charge in [-0.2, -0.15) is 0 Å². The first-order valence-corrected chi connectivity index (χ1v) is 21.1. The molecular formula is C48H78O4. The van der Waals surface area contributed by atoms with Crippen molar-refractivity contribution >= 4 is 0 Å². The van der Waals surface area contributed by atoms with Crippen LogP contribution < -0.4 is 9.47 Å². The van der Waals surface area contributed by atoms with Gasteiger partial charge in [0.1, 0.15) is 11.5 Å². The Balaban J connectivity index is 1.69. The van der Waals surface area contributed by atoms with E-state index < -0.39 is 0 Å². The lowest BCUT2D eigenvalue weighted by Crippen LogP contribution is -2.22. The highest BCUT2D eigenvalue weighted by molar-refractivity contribution is 5.73. The highest BCUT2D eigenvalue weighted by Crippen LogP contribution is 2.47. The van der Waals surface area contributed by atoms with Gasteiger partial charge in [0.15, 0.2) is 0 Å². The van der Waals surface area contributed by atoms with Crippen molar-refractivity contribution in [3.05, 3.63) is 46.5 Å². The van der Waals surface area contributed by atoms with E-state index in [0.29, 0.717) is 24.0 Å². The van der Waals surface area contributed by atoms with E-state index in [0.717, 1.165) is 50.8 Å². The zero-order chi connectivity index (χ0) is 38.5. The molecule has 4 atom stereocenters. The van der Waals surface area contributed by atoms with Gasteiger partial charge >= 0.3 is 0 Å². The van der Waals surface area contributed by atoms with E-state index in [4.69, 9.17) is 18.9 Å². The first-order chi connectivity index (χ1) is 24.3. The molecule has 0 saturated carbocycles. The molecule has 0 amide bonds. The molecule has 2 aliphatic heterocycles. The standard InChI is InChI=1S/C48H78O4/c1-15-17-21-33(41-31-51-41)23-19-25-49-43-37(45(3,4)5)27-35(28-38(43)46(6,7)8)36-29-39(47(9,10)11)44(40(30-36)48(12,13)14)50-26-20-24-34(22-18-16-2)42-32-52-42/h27-30,33-34,41-42H,15-26,31-32H2,1-14H3. The third kappa shape index (κ3) is 12.0. The van der Waals surface area contributed by atoms with Gasteiger partial charge in [0.2, 0.25) is 0 Å². The Morgan fingerprint density at radius 1 is 0.500 bits per heavy atom. The van der Waals surface area contributed by atoms with Crippen molar-refractivity contribution in [1.29, 1.82) is 0 Å². The Morgan fingerprint density at radius 3 is 1.00 bits per heavy atom. The SMILES string of the molecule is CCCCC(CCCOc1c(C(C)(C)C)cc(-c2cc(C(C)(C)C)c(OCCCC(CCCC)C3CO3)c(C(C)(C)C)c2)cc1C(C)(C)C)C1CO1. The number of hydrogen-bond acceptors (Lipinski definition) is 4. The summed E-state index contributed by atoms with van der Waals surface area (Å²) in [5, 5.41) is 0. The van der Waals surface area contributed by atoms with Crippen molar-refractivity contribution in [2.75, 3.05) is 26.4 Å². The first-order valence-electron chi connectivity index (χ1n) is 21.1. The molecule has 294 valence electrons. The minimum Gasteiger partial charge on any atom is -0.493 e. The molecule has 0 radical (unpaired) electrons. The van der Waals surface area contributed by atoms with E-state index in [1.807, 2.05) is 0 Å². The van der Waals surface area contributed by atoms with Gasteiger partial charge in [-0.15, -0.1) is 0 Å². The fourth-order valence-corrected chi connectivity index (χ4v) is 7.79. The second kappa shape index (κ2) is 17.6. The lowest BCUT2D eigenvalue weighted by molar-refractivity contribution is 0.251. The zero-order valence-corrected chi connectivity index (χ0v) is 36.2. The Kier molecular flexibility index (Phi) is 14.5. The van der Waals surface area contributed by atoms with Gasteiger partial charge in [0.05, 0.1) is 38.6 Å². The fraction of sp³-hybridized carbons (Fsp3) is 0.750. The normalized spacial score (nSPS) is 19.0. The lowest BCUT2D eigenvalue weighted by atomic mass is 9.75. The molecular weight excluding hydrogens is 641 g/mol. The lowest BCUT2D eigenvalue weighted by Gasteiger charge is -2.33. The summed E-state index contributed by atoms with van der Waals surface area (Å²) >= 11 is 0. The van der Waals surface area contributed by atoms with Crippen molar-refractivity contribution in [3.63, 3.8) is 0 Å². The summed E-state index contributed by atoms with van der Waals surface area (Å²) < 4.78 is 25.2. The molecule has 2 aromatic carbocycles. The molecule has 0 aliphatic carbocycles. The molecule has 0 aromatic heterocycles. The topological polar surface area (TPSA) is 43.5 Å². The molecule has 52 heavy (non-hydrogen) atoms. The number of rotatable bonds is 19. The van der Waals surface area contributed by atoms with Crippen LogP contribution in [0.5, 0.6) is 11.5 Å². The van der Waals surface area contributed by atoms with Crippen molar-refractivity contribution in [2.45, 2.75) is 195 Å². The highest BCUT2D eigenvalue weighted by Gasteiger charge is 2.34. The number of epoxide rings is 2. The number of hydrogen-bond donors (Lipinski definition) is 0. The summed E-state index contributed by atoms with van der Waals surface area (Å²) in [6, 6.07) is 9.71. The third-order valence-electron chi connectivity index (χ3n) is 11.3. The van der Waals surface area contributed by atoms with Crippen molar-refractivity contribution in [2.24, 2.45) is 11.8 Å². The van der Waals surface area contributed by atoms with Gasteiger partial charge in [0, 0.05) is 22.3 Å². The summed E-state index contributed by atoms with van der Waals surface area (Å²) in [5.41, 5.74) is 7.34. The van der Waals surface area contributed by atoms with Crippen LogP contribution in [0, 0.1) is 11.8 Å².